The summed E-state index contributed by atoms with van der Waals surface area (Å²) in [6, 6.07) is 9.68. The van der Waals surface area contributed by atoms with Crippen molar-refractivity contribution in [2.75, 3.05) is 6.61 Å². The Hall–Kier alpha value is -1.64. The number of rotatable bonds is 4. The molecule has 0 amide bonds. The van der Waals surface area contributed by atoms with Gasteiger partial charge in [0.15, 0.2) is 5.78 Å². The molecule has 1 fully saturated rings. The molecule has 0 unspecified atom stereocenters. The van der Waals surface area contributed by atoms with E-state index < -0.39 is 5.41 Å². The van der Waals surface area contributed by atoms with E-state index in [9.17, 15) is 9.59 Å². The maximum atomic E-state index is 12.1. The number of esters is 1. The van der Waals surface area contributed by atoms with Gasteiger partial charge in [0.2, 0.25) is 0 Å². The first-order valence-electron chi connectivity index (χ1n) is 6.43. The third-order valence-electron chi connectivity index (χ3n) is 3.56. The molecule has 3 heteroatoms. The van der Waals surface area contributed by atoms with E-state index in [2.05, 4.69) is 0 Å². The average molecular weight is 246 g/mol. The van der Waals surface area contributed by atoms with Gasteiger partial charge in [-0.1, -0.05) is 30.3 Å². The van der Waals surface area contributed by atoms with Gasteiger partial charge in [-0.25, -0.2) is 0 Å². The molecule has 1 aromatic rings. The fourth-order valence-electron chi connectivity index (χ4n) is 2.62. The SMILES string of the molecule is CCOC(=O)[C@@]1(Cc2ccccc2)CCCC1=O. The summed E-state index contributed by atoms with van der Waals surface area (Å²) in [5, 5.41) is 0. The summed E-state index contributed by atoms with van der Waals surface area (Å²) < 4.78 is 5.11. The second-order valence-electron chi connectivity index (χ2n) is 4.74. The molecular formula is C15H18O3. The van der Waals surface area contributed by atoms with Crippen LogP contribution in [0.1, 0.15) is 31.7 Å². The number of hydrogen-bond acceptors (Lipinski definition) is 3. The van der Waals surface area contributed by atoms with Crippen molar-refractivity contribution < 1.29 is 14.3 Å². The molecular weight excluding hydrogens is 228 g/mol. The number of Topliss-reactive ketones (excluding diaryl/α,β-unsaturated/α-hetero) is 1. The van der Waals surface area contributed by atoms with Crippen LogP contribution in [0.25, 0.3) is 0 Å². The maximum Gasteiger partial charge on any atom is 0.319 e. The van der Waals surface area contributed by atoms with Gasteiger partial charge in [-0.15, -0.1) is 0 Å². The summed E-state index contributed by atoms with van der Waals surface area (Å²) >= 11 is 0. The lowest BCUT2D eigenvalue weighted by Crippen LogP contribution is -2.39. The third kappa shape index (κ3) is 2.30. The molecule has 1 atom stereocenters. The summed E-state index contributed by atoms with van der Waals surface area (Å²) in [6.07, 6.45) is 2.35. The van der Waals surface area contributed by atoms with Crippen LogP contribution < -0.4 is 0 Å². The van der Waals surface area contributed by atoms with Crippen LogP contribution in [-0.2, 0) is 20.7 Å². The van der Waals surface area contributed by atoms with E-state index in [0.717, 1.165) is 12.0 Å². The highest BCUT2D eigenvalue weighted by molar-refractivity contribution is 6.05. The molecule has 96 valence electrons. The van der Waals surface area contributed by atoms with Crippen LogP contribution in [0.15, 0.2) is 30.3 Å². The van der Waals surface area contributed by atoms with Crippen molar-refractivity contribution in [2.45, 2.75) is 32.6 Å². The van der Waals surface area contributed by atoms with Crippen LogP contribution in [0.3, 0.4) is 0 Å². The lowest BCUT2D eigenvalue weighted by Gasteiger charge is -2.24. The minimum atomic E-state index is -0.933. The van der Waals surface area contributed by atoms with E-state index in [1.54, 1.807) is 6.92 Å². The zero-order valence-electron chi connectivity index (χ0n) is 10.6. The highest BCUT2D eigenvalue weighted by Gasteiger charge is 2.49. The number of ketones is 1. The monoisotopic (exact) mass is 246 g/mol. The topological polar surface area (TPSA) is 43.4 Å². The summed E-state index contributed by atoms with van der Waals surface area (Å²) in [7, 11) is 0. The average Bonchev–Trinajstić information content (AvgIpc) is 2.74. The van der Waals surface area contributed by atoms with Crippen molar-refractivity contribution in [2.24, 2.45) is 5.41 Å². The van der Waals surface area contributed by atoms with Crippen molar-refractivity contribution in [3.8, 4) is 0 Å². The molecule has 0 saturated heterocycles. The van der Waals surface area contributed by atoms with Crippen LogP contribution in [0.5, 0.6) is 0 Å². The fourth-order valence-corrected chi connectivity index (χ4v) is 2.62. The summed E-state index contributed by atoms with van der Waals surface area (Å²) in [6.45, 7) is 2.09. The van der Waals surface area contributed by atoms with Crippen LogP contribution in [0.4, 0.5) is 0 Å². The molecule has 3 nitrogen and oxygen atoms in total. The lowest BCUT2D eigenvalue weighted by molar-refractivity contribution is -0.158. The quantitative estimate of drug-likeness (QED) is 0.605. The van der Waals surface area contributed by atoms with E-state index in [-0.39, 0.29) is 11.8 Å². The first-order chi connectivity index (χ1) is 8.69. The standard InChI is InChI=1S/C15H18O3/c1-2-18-14(17)15(10-6-9-13(15)16)11-12-7-4-3-5-8-12/h3-5,7-8H,2,6,9-11H2,1H3/t15-/m1/s1. The van der Waals surface area contributed by atoms with Gasteiger partial charge < -0.3 is 4.74 Å². The maximum absolute atomic E-state index is 12.1. The Labute approximate surface area is 107 Å². The number of carbonyl (C=O) groups excluding carboxylic acids is 2. The van der Waals surface area contributed by atoms with E-state index >= 15 is 0 Å². The first kappa shape index (κ1) is 12.8. The zero-order chi connectivity index (χ0) is 13.0. The number of ether oxygens (including phenoxy) is 1. The molecule has 1 aliphatic carbocycles. The summed E-state index contributed by atoms with van der Waals surface area (Å²) in [5.41, 5.74) is 0.0815. The lowest BCUT2D eigenvalue weighted by atomic mass is 9.79. The summed E-state index contributed by atoms with van der Waals surface area (Å²) in [4.78, 5) is 24.3. The molecule has 1 aliphatic rings. The Balaban J connectivity index is 2.26. The van der Waals surface area contributed by atoms with Gasteiger partial charge in [0.05, 0.1) is 6.61 Å². The van der Waals surface area contributed by atoms with Crippen LogP contribution in [-0.4, -0.2) is 18.4 Å². The molecule has 2 rings (SSSR count). The van der Waals surface area contributed by atoms with Crippen LogP contribution >= 0.6 is 0 Å². The molecule has 1 saturated carbocycles. The van der Waals surface area contributed by atoms with E-state index in [1.165, 1.54) is 0 Å². The van der Waals surface area contributed by atoms with Gasteiger partial charge in [0.25, 0.3) is 0 Å². The van der Waals surface area contributed by atoms with Crippen LogP contribution in [0, 0.1) is 5.41 Å². The molecule has 18 heavy (non-hydrogen) atoms. The van der Waals surface area contributed by atoms with Gasteiger partial charge in [0, 0.05) is 6.42 Å². The van der Waals surface area contributed by atoms with Crippen molar-refractivity contribution in [1.29, 1.82) is 0 Å². The number of hydrogen-bond donors (Lipinski definition) is 0. The summed E-state index contributed by atoms with van der Waals surface area (Å²) in [5.74, 6) is -0.318. The van der Waals surface area contributed by atoms with Gasteiger partial charge in [-0.05, 0) is 31.7 Å². The highest BCUT2D eigenvalue weighted by Crippen LogP contribution is 2.39. The van der Waals surface area contributed by atoms with Gasteiger partial charge >= 0.3 is 5.97 Å². The largest absolute Gasteiger partial charge is 0.465 e. The molecule has 0 heterocycles. The van der Waals surface area contributed by atoms with Crippen molar-refractivity contribution in [3.05, 3.63) is 35.9 Å². The Kier molecular flexibility index (Phi) is 3.80. The van der Waals surface area contributed by atoms with Crippen molar-refractivity contribution >= 4 is 11.8 Å². The number of benzene rings is 1. The Bertz CT molecular complexity index is 438. The van der Waals surface area contributed by atoms with E-state index in [0.29, 0.717) is 25.9 Å². The van der Waals surface area contributed by atoms with Gasteiger partial charge in [-0.3, -0.25) is 9.59 Å². The molecule has 0 spiro atoms. The second-order valence-corrected chi connectivity index (χ2v) is 4.74. The number of carbonyl (C=O) groups is 2. The molecule has 0 N–H and O–H groups in total. The third-order valence-corrected chi connectivity index (χ3v) is 3.56. The molecule has 0 radical (unpaired) electrons. The zero-order valence-corrected chi connectivity index (χ0v) is 10.6. The predicted octanol–water partition coefficient (Wildman–Crippen LogP) is 2.53. The van der Waals surface area contributed by atoms with Crippen molar-refractivity contribution in [3.63, 3.8) is 0 Å². The minimum absolute atomic E-state index is 0.0322. The second kappa shape index (κ2) is 5.34. The van der Waals surface area contributed by atoms with E-state index in [1.807, 2.05) is 30.3 Å². The molecule has 0 bridgehead atoms. The Morgan fingerprint density at radius 3 is 2.61 bits per heavy atom. The Morgan fingerprint density at radius 1 is 1.33 bits per heavy atom. The molecule has 0 aromatic heterocycles. The minimum Gasteiger partial charge on any atom is -0.465 e. The normalized spacial score (nSPS) is 23.1. The molecule has 1 aromatic carbocycles. The van der Waals surface area contributed by atoms with Gasteiger partial charge in [-0.2, -0.15) is 0 Å². The predicted molar refractivity (Wildman–Crippen MR) is 68.1 cm³/mol. The van der Waals surface area contributed by atoms with Crippen molar-refractivity contribution in [1.82, 2.24) is 0 Å². The molecule has 0 aliphatic heterocycles. The first-order valence-corrected chi connectivity index (χ1v) is 6.43. The smallest absolute Gasteiger partial charge is 0.319 e. The highest BCUT2D eigenvalue weighted by atomic mass is 16.5. The van der Waals surface area contributed by atoms with Crippen LogP contribution in [0.2, 0.25) is 0 Å². The van der Waals surface area contributed by atoms with E-state index in [4.69, 9.17) is 4.74 Å². The fraction of sp³-hybridized carbons (Fsp3) is 0.467. The van der Waals surface area contributed by atoms with Gasteiger partial charge in [0.1, 0.15) is 5.41 Å². The Morgan fingerprint density at radius 2 is 2.06 bits per heavy atom.